The normalized spacial score (nSPS) is 36.0. The van der Waals surface area contributed by atoms with Gasteiger partial charge in [0.15, 0.2) is 0 Å². The van der Waals surface area contributed by atoms with E-state index >= 15 is 0 Å². The van der Waals surface area contributed by atoms with Crippen LogP contribution in [0.4, 0.5) is 0 Å². The zero-order chi connectivity index (χ0) is 10.4. The van der Waals surface area contributed by atoms with Crippen LogP contribution in [0.3, 0.4) is 0 Å². The van der Waals surface area contributed by atoms with Crippen molar-refractivity contribution in [3.05, 3.63) is 0 Å². The Kier molecular flexibility index (Phi) is 2.39. The Balaban J connectivity index is 2.01. The fourth-order valence-electron chi connectivity index (χ4n) is 3.01. The van der Waals surface area contributed by atoms with Crippen molar-refractivity contribution in [3.8, 4) is 0 Å². The van der Waals surface area contributed by atoms with Gasteiger partial charge in [0.05, 0.1) is 17.8 Å². The molecule has 2 rings (SSSR count). The molecule has 1 spiro atoms. The zero-order valence-electron chi connectivity index (χ0n) is 9.55. The molecule has 2 unspecified atom stereocenters. The second kappa shape index (κ2) is 3.21. The lowest BCUT2D eigenvalue weighted by Gasteiger charge is -2.53. The predicted octanol–water partition coefficient (Wildman–Crippen LogP) is 2.50. The molecule has 2 atom stereocenters. The van der Waals surface area contributed by atoms with Gasteiger partial charge in [-0.2, -0.15) is 0 Å². The SMILES string of the molecule is CC(C)(C)OC1CC(O)C12CCCC2. The molecule has 2 saturated carbocycles. The Morgan fingerprint density at radius 1 is 1.21 bits per heavy atom. The van der Waals surface area contributed by atoms with Gasteiger partial charge in [-0.05, 0) is 33.6 Å². The summed E-state index contributed by atoms with van der Waals surface area (Å²) >= 11 is 0. The zero-order valence-corrected chi connectivity index (χ0v) is 9.55. The number of aliphatic hydroxyl groups is 1. The molecule has 82 valence electrons. The number of aliphatic hydroxyl groups excluding tert-OH is 1. The van der Waals surface area contributed by atoms with E-state index in [4.69, 9.17) is 4.74 Å². The predicted molar refractivity (Wildman–Crippen MR) is 56.2 cm³/mol. The Bertz CT molecular complexity index is 211. The summed E-state index contributed by atoms with van der Waals surface area (Å²) in [7, 11) is 0. The highest BCUT2D eigenvalue weighted by molar-refractivity contribution is 5.06. The van der Waals surface area contributed by atoms with Crippen molar-refractivity contribution in [1.82, 2.24) is 0 Å². The van der Waals surface area contributed by atoms with Crippen molar-refractivity contribution in [2.24, 2.45) is 5.41 Å². The van der Waals surface area contributed by atoms with Crippen molar-refractivity contribution >= 4 is 0 Å². The van der Waals surface area contributed by atoms with Crippen LogP contribution in [0, 0.1) is 5.41 Å². The molecule has 0 aromatic rings. The third-order valence-electron chi connectivity index (χ3n) is 3.77. The molecule has 0 aliphatic heterocycles. The fraction of sp³-hybridized carbons (Fsp3) is 1.00. The van der Waals surface area contributed by atoms with Crippen molar-refractivity contribution < 1.29 is 9.84 Å². The molecule has 2 fully saturated rings. The number of hydrogen-bond donors (Lipinski definition) is 1. The molecule has 2 nitrogen and oxygen atoms in total. The molecule has 0 aromatic heterocycles. The molecule has 0 radical (unpaired) electrons. The lowest BCUT2D eigenvalue weighted by Crippen LogP contribution is -2.58. The lowest BCUT2D eigenvalue weighted by atomic mass is 9.62. The molecule has 2 aliphatic carbocycles. The highest BCUT2D eigenvalue weighted by Gasteiger charge is 2.57. The van der Waals surface area contributed by atoms with E-state index in [9.17, 15) is 5.11 Å². The molecular formula is C12H22O2. The molecule has 2 heteroatoms. The van der Waals surface area contributed by atoms with Crippen LogP contribution in [-0.2, 0) is 4.74 Å². The summed E-state index contributed by atoms with van der Waals surface area (Å²) in [6.07, 6.45) is 5.90. The minimum Gasteiger partial charge on any atom is -0.392 e. The van der Waals surface area contributed by atoms with Crippen LogP contribution < -0.4 is 0 Å². The van der Waals surface area contributed by atoms with E-state index in [0.717, 1.165) is 19.3 Å². The van der Waals surface area contributed by atoms with Crippen LogP contribution >= 0.6 is 0 Å². The summed E-state index contributed by atoms with van der Waals surface area (Å²) in [5.41, 5.74) is 0.0632. The third-order valence-corrected chi connectivity index (χ3v) is 3.77. The van der Waals surface area contributed by atoms with E-state index in [1.807, 2.05) is 0 Å². The van der Waals surface area contributed by atoms with Gasteiger partial charge in [0.1, 0.15) is 0 Å². The maximum atomic E-state index is 9.89. The Morgan fingerprint density at radius 3 is 2.21 bits per heavy atom. The Hall–Kier alpha value is -0.0800. The van der Waals surface area contributed by atoms with Gasteiger partial charge >= 0.3 is 0 Å². The Labute approximate surface area is 86.6 Å². The molecule has 0 aromatic carbocycles. The molecule has 2 aliphatic rings. The first-order valence-corrected chi connectivity index (χ1v) is 5.80. The first-order valence-electron chi connectivity index (χ1n) is 5.80. The van der Waals surface area contributed by atoms with Crippen molar-refractivity contribution in [2.75, 3.05) is 0 Å². The summed E-state index contributed by atoms with van der Waals surface area (Å²) in [6, 6.07) is 0. The number of ether oxygens (including phenoxy) is 1. The molecule has 0 bridgehead atoms. The van der Waals surface area contributed by atoms with E-state index in [-0.39, 0.29) is 17.1 Å². The maximum Gasteiger partial charge on any atom is 0.0688 e. The molecule has 1 N–H and O–H groups in total. The van der Waals surface area contributed by atoms with Crippen LogP contribution in [-0.4, -0.2) is 22.9 Å². The maximum absolute atomic E-state index is 9.89. The minimum absolute atomic E-state index is 0.0691. The number of hydrogen-bond acceptors (Lipinski definition) is 2. The molecule has 0 saturated heterocycles. The fourth-order valence-corrected chi connectivity index (χ4v) is 3.01. The third kappa shape index (κ3) is 1.59. The standard InChI is InChI=1S/C12H22O2/c1-11(2,3)14-10-8-9(13)12(10)6-4-5-7-12/h9-10,13H,4-8H2,1-3H3. The molecular weight excluding hydrogens is 176 g/mol. The van der Waals surface area contributed by atoms with Crippen LogP contribution in [0.25, 0.3) is 0 Å². The molecule has 0 amide bonds. The average molecular weight is 198 g/mol. The van der Waals surface area contributed by atoms with E-state index in [0.29, 0.717) is 6.10 Å². The summed E-state index contributed by atoms with van der Waals surface area (Å²) in [6.45, 7) is 6.29. The van der Waals surface area contributed by atoms with Crippen molar-refractivity contribution in [2.45, 2.75) is 70.7 Å². The smallest absolute Gasteiger partial charge is 0.0688 e. The highest BCUT2D eigenvalue weighted by Crippen LogP contribution is 2.55. The summed E-state index contributed by atoms with van der Waals surface area (Å²) < 4.78 is 6.02. The second-order valence-corrected chi connectivity index (χ2v) is 5.91. The first-order chi connectivity index (χ1) is 6.44. The second-order valence-electron chi connectivity index (χ2n) is 5.91. The highest BCUT2D eigenvalue weighted by atomic mass is 16.5. The van der Waals surface area contributed by atoms with E-state index in [1.165, 1.54) is 12.8 Å². The van der Waals surface area contributed by atoms with Gasteiger partial charge in [-0.15, -0.1) is 0 Å². The minimum atomic E-state index is -0.0997. The largest absolute Gasteiger partial charge is 0.392 e. The van der Waals surface area contributed by atoms with Crippen LogP contribution in [0.2, 0.25) is 0 Å². The van der Waals surface area contributed by atoms with Crippen molar-refractivity contribution in [3.63, 3.8) is 0 Å². The van der Waals surface area contributed by atoms with E-state index in [1.54, 1.807) is 0 Å². The van der Waals surface area contributed by atoms with E-state index in [2.05, 4.69) is 20.8 Å². The van der Waals surface area contributed by atoms with Gasteiger partial charge in [-0.3, -0.25) is 0 Å². The Morgan fingerprint density at radius 2 is 1.79 bits per heavy atom. The monoisotopic (exact) mass is 198 g/mol. The van der Waals surface area contributed by atoms with Gasteiger partial charge in [0.2, 0.25) is 0 Å². The van der Waals surface area contributed by atoms with Gasteiger partial charge in [0, 0.05) is 11.8 Å². The summed E-state index contributed by atoms with van der Waals surface area (Å²) in [4.78, 5) is 0. The topological polar surface area (TPSA) is 29.5 Å². The van der Waals surface area contributed by atoms with Crippen LogP contribution in [0.5, 0.6) is 0 Å². The van der Waals surface area contributed by atoms with Crippen molar-refractivity contribution in [1.29, 1.82) is 0 Å². The summed E-state index contributed by atoms with van der Waals surface area (Å²) in [5, 5.41) is 9.89. The number of rotatable bonds is 1. The van der Waals surface area contributed by atoms with Gasteiger partial charge in [0.25, 0.3) is 0 Å². The van der Waals surface area contributed by atoms with Gasteiger partial charge < -0.3 is 9.84 Å². The van der Waals surface area contributed by atoms with Crippen LogP contribution in [0.1, 0.15) is 52.9 Å². The molecule has 0 heterocycles. The average Bonchev–Trinajstić information content (AvgIpc) is 2.51. The molecule has 14 heavy (non-hydrogen) atoms. The summed E-state index contributed by atoms with van der Waals surface area (Å²) in [5.74, 6) is 0. The first kappa shape index (κ1) is 10.4. The van der Waals surface area contributed by atoms with Gasteiger partial charge in [-0.1, -0.05) is 12.8 Å². The van der Waals surface area contributed by atoms with Crippen LogP contribution in [0.15, 0.2) is 0 Å². The quantitative estimate of drug-likeness (QED) is 0.701. The lowest BCUT2D eigenvalue weighted by molar-refractivity contribution is -0.224. The van der Waals surface area contributed by atoms with E-state index < -0.39 is 0 Å². The van der Waals surface area contributed by atoms with Gasteiger partial charge in [-0.25, -0.2) is 0 Å².